The molecule has 0 aromatic carbocycles. The van der Waals surface area contributed by atoms with Gasteiger partial charge in [-0.05, 0) is 0 Å². The van der Waals surface area contributed by atoms with Crippen LogP contribution >= 0.6 is 0 Å². The summed E-state index contributed by atoms with van der Waals surface area (Å²) in [6, 6.07) is 0. The summed E-state index contributed by atoms with van der Waals surface area (Å²) in [5.74, 6) is 0. The minimum absolute atomic E-state index is 0.494. The average molecular weight is 358 g/mol. The fourth-order valence-corrected chi connectivity index (χ4v) is 19.8. The van der Waals surface area contributed by atoms with E-state index in [1.807, 2.05) is 0 Å². The molecule has 0 aliphatic carbocycles. The van der Waals surface area contributed by atoms with E-state index in [2.05, 4.69) is 41.5 Å². The van der Waals surface area contributed by atoms with E-state index in [4.69, 9.17) is 10.9 Å². The van der Waals surface area contributed by atoms with Gasteiger partial charge in [0.2, 0.25) is 0 Å². The number of hydrogen-bond donors (Lipinski definition) is 0. The van der Waals surface area contributed by atoms with Crippen LogP contribution in [0.25, 0.3) is 0 Å². The van der Waals surface area contributed by atoms with E-state index >= 15 is 0 Å². The van der Waals surface area contributed by atoms with Gasteiger partial charge in [0.1, 0.15) is 0 Å². The van der Waals surface area contributed by atoms with Crippen molar-refractivity contribution in [3.63, 3.8) is 0 Å². The predicted molar refractivity (Wildman–Crippen MR) is 73.2 cm³/mol. The van der Waals surface area contributed by atoms with E-state index in [1.165, 1.54) is 0 Å². The van der Waals surface area contributed by atoms with Crippen LogP contribution in [-0.2, 0) is 33.0 Å². The van der Waals surface area contributed by atoms with Crippen LogP contribution in [0.3, 0.4) is 0 Å². The van der Waals surface area contributed by atoms with E-state index in [0.29, 0.717) is 16.6 Å². The van der Waals surface area contributed by atoms with Crippen LogP contribution in [0.15, 0.2) is 0 Å². The van der Waals surface area contributed by atoms with Crippen molar-refractivity contribution in [2.75, 3.05) is 21.3 Å². The van der Waals surface area contributed by atoms with Crippen LogP contribution in [0.1, 0.15) is 41.5 Å². The molecule has 0 aromatic heterocycles. The molecule has 18 heavy (non-hydrogen) atoms. The van der Waals surface area contributed by atoms with Crippen LogP contribution < -0.4 is 0 Å². The van der Waals surface area contributed by atoms with Gasteiger partial charge in [0, 0.05) is 0 Å². The molecular formula is C12H30O4SiZr. The second-order valence-corrected chi connectivity index (χ2v) is 17.9. The maximum absolute atomic E-state index is 6.54. The van der Waals surface area contributed by atoms with Crippen molar-refractivity contribution in [1.82, 2.24) is 0 Å². The zero-order valence-corrected chi connectivity index (χ0v) is 16.8. The summed E-state index contributed by atoms with van der Waals surface area (Å²) in [6.07, 6.45) is 0. The summed E-state index contributed by atoms with van der Waals surface area (Å²) in [4.78, 5) is 0. The molecule has 0 aliphatic heterocycles. The Hall–Kier alpha value is 0.940. The molecule has 0 N–H and O–H groups in total. The number of rotatable bonds is 8. The van der Waals surface area contributed by atoms with Gasteiger partial charge in [-0.2, -0.15) is 0 Å². The standard InChI is InChI=1S/C9H21OSi.3CH3O.Zr/c1-7(2)11(10,8(3)4)9(5)6;3*1-2;/h7-9H,1-6H3;3*1H3;/q4*-1;+4. The molecule has 0 saturated carbocycles. The third kappa shape index (κ3) is 3.74. The summed E-state index contributed by atoms with van der Waals surface area (Å²) < 4.78 is 23.1. The van der Waals surface area contributed by atoms with Gasteiger partial charge < -0.3 is 0 Å². The van der Waals surface area contributed by atoms with Gasteiger partial charge in [-0.15, -0.1) is 0 Å². The normalized spacial score (nSPS) is 14.0. The first kappa shape index (κ1) is 18.9. The maximum atomic E-state index is 6.54. The molecule has 0 heterocycles. The molecule has 0 aromatic rings. The average Bonchev–Trinajstić information content (AvgIpc) is 2.30. The Morgan fingerprint density at radius 1 is 0.667 bits per heavy atom. The van der Waals surface area contributed by atoms with Crippen molar-refractivity contribution in [3.05, 3.63) is 0 Å². The first-order chi connectivity index (χ1) is 8.22. The first-order valence-corrected chi connectivity index (χ1v) is 12.7. The Bertz CT molecular complexity index is 212. The van der Waals surface area contributed by atoms with Crippen molar-refractivity contribution in [3.8, 4) is 0 Å². The first-order valence-electron chi connectivity index (χ1n) is 6.58. The fraction of sp³-hybridized carbons (Fsp3) is 1.00. The van der Waals surface area contributed by atoms with Gasteiger partial charge in [0.05, 0.1) is 0 Å². The third-order valence-electron chi connectivity index (χ3n) is 3.76. The van der Waals surface area contributed by atoms with Gasteiger partial charge in [0.25, 0.3) is 0 Å². The van der Waals surface area contributed by atoms with E-state index < -0.39 is 30.3 Å². The predicted octanol–water partition coefficient (Wildman–Crippen LogP) is 3.93. The van der Waals surface area contributed by atoms with Crippen LogP contribution in [0.2, 0.25) is 16.6 Å². The zero-order chi connectivity index (χ0) is 14.6. The van der Waals surface area contributed by atoms with Gasteiger partial charge >= 0.3 is 121 Å². The quantitative estimate of drug-likeness (QED) is 0.617. The topological polar surface area (TPSA) is 36.9 Å². The van der Waals surface area contributed by atoms with Gasteiger partial charge in [-0.25, -0.2) is 0 Å². The summed E-state index contributed by atoms with van der Waals surface area (Å²) >= 11 is -3.80. The second-order valence-electron chi connectivity index (χ2n) is 5.53. The number of hydrogen-bond acceptors (Lipinski definition) is 4. The molecular weight excluding hydrogens is 327 g/mol. The van der Waals surface area contributed by atoms with Crippen LogP contribution in [-0.4, -0.2) is 29.6 Å². The molecule has 6 heteroatoms. The van der Waals surface area contributed by atoms with Crippen molar-refractivity contribution < 1.29 is 33.0 Å². The Kier molecular flexibility index (Phi) is 8.05. The third-order valence-corrected chi connectivity index (χ3v) is 17.9. The molecule has 0 aliphatic rings. The molecule has 0 radical (unpaired) electrons. The van der Waals surface area contributed by atoms with Crippen molar-refractivity contribution in [2.45, 2.75) is 58.2 Å². The minimum atomic E-state index is -3.80. The van der Waals surface area contributed by atoms with E-state index in [0.717, 1.165) is 0 Å². The zero-order valence-electron chi connectivity index (χ0n) is 13.4. The van der Waals surface area contributed by atoms with Crippen LogP contribution in [0.5, 0.6) is 0 Å². The van der Waals surface area contributed by atoms with Crippen molar-refractivity contribution >= 4 is 8.32 Å². The molecule has 0 rings (SSSR count). The van der Waals surface area contributed by atoms with Crippen molar-refractivity contribution in [2.24, 2.45) is 0 Å². The van der Waals surface area contributed by atoms with Crippen molar-refractivity contribution in [1.29, 1.82) is 0 Å². The van der Waals surface area contributed by atoms with Crippen LogP contribution in [0, 0.1) is 0 Å². The van der Waals surface area contributed by atoms with Gasteiger partial charge in [0.15, 0.2) is 0 Å². The summed E-state index contributed by atoms with van der Waals surface area (Å²) in [7, 11) is 2.88. The summed E-state index contributed by atoms with van der Waals surface area (Å²) in [6.45, 7) is 13.4. The molecule has 0 amide bonds. The SMILES string of the molecule is C[O][Zr]([O]C)([O]C)[O][Si](C(C)C)(C(C)C)C(C)C. The monoisotopic (exact) mass is 356 g/mol. The summed E-state index contributed by atoms with van der Waals surface area (Å²) in [5, 5.41) is 0. The van der Waals surface area contributed by atoms with E-state index in [1.54, 1.807) is 21.3 Å². The Labute approximate surface area is 120 Å². The molecule has 0 saturated heterocycles. The van der Waals surface area contributed by atoms with Crippen LogP contribution in [0.4, 0.5) is 0 Å². The molecule has 0 atom stereocenters. The Morgan fingerprint density at radius 2 is 0.944 bits per heavy atom. The van der Waals surface area contributed by atoms with Gasteiger partial charge in [-0.3, -0.25) is 0 Å². The Morgan fingerprint density at radius 3 is 1.11 bits per heavy atom. The van der Waals surface area contributed by atoms with Gasteiger partial charge in [-0.1, -0.05) is 0 Å². The molecule has 0 unspecified atom stereocenters. The van der Waals surface area contributed by atoms with E-state index in [9.17, 15) is 0 Å². The van der Waals surface area contributed by atoms with E-state index in [-0.39, 0.29) is 0 Å². The molecule has 110 valence electrons. The Balaban J connectivity index is 5.47. The molecule has 0 fully saturated rings. The molecule has 4 nitrogen and oxygen atoms in total. The second kappa shape index (κ2) is 7.65. The molecule has 0 bridgehead atoms. The fourth-order valence-electron chi connectivity index (χ4n) is 2.95. The summed E-state index contributed by atoms with van der Waals surface area (Å²) in [5.41, 5.74) is 1.48. The molecule has 0 spiro atoms.